The maximum atomic E-state index is 5.65. The van der Waals surface area contributed by atoms with E-state index >= 15 is 0 Å². The largest absolute Gasteiger partial charge is 0.493 e. The van der Waals surface area contributed by atoms with E-state index in [4.69, 9.17) is 9.47 Å². The molecule has 0 aliphatic carbocycles. The van der Waals surface area contributed by atoms with Gasteiger partial charge in [-0.15, -0.1) is 0 Å². The average molecular weight is 255 g/mol. The van der Waals surface area contributed by atoms with Gasteiger partial charge in [-0.3, -0.25) is 4.68 Å². The van der Waals surface area contributed by atoms with Crippen molar-refractivity contribution in [1.82, 2.24) is 15.1 Å². The molecule has 5 nitrogen and oxygen atoms in total. The molecule has 0 saturated heterocycles. The highest BCUT2D eigenvalue weighted by molar-refractivity contribution is 5.29. The fourth-order valence-electron chi connectivity index (χ4n) is 2.32. The Balaban J connectivity index is 3.13. The van der Waals surface area contributed by atoms with E-state index in [-0.39, 0.29) is 12.1 Å². The Kier molecular flexibility index (Phi) is 5.62. The molecule has 0 spiro atoms. The quantitative estimate of drug-likeness (QED) is 0.806. The first-order chi connectivity index (χ1) is 8.56. The minimum absolute atomic E-state index is 0.0717. The molecule has 18 heavy (non-hydrogen) atoms. The summed E-state index contributed by atoms with van der Waals surface area (Å²) in [5.74, 6) is 1.20. The zero-order valence-electron chi connectivity index (χ0n) is 12.2. The fourth-order valence-corrected chi connectivity index (χ4v) is 2.32. The van der Waals surface area contributed by atoms with Gasteiger partial charge in [0.1, 0.15) is 0 Å². The van der Waals surface area contributed by atoms with E-state index in [0.29, 0.717) is 5.92 Å². The van der Waals surface area contributed by atoms with Gasteiger partial charge >= 0.3 is 0 Å². The molecule has 2 atom stereocenters. The molecule has 0 saturated carbocycles. The Morgan fingerprint density at radius 3 is 2.50 bits per heavy atom. The van der Waals surface area contributed by atoms with Crippen LogP contribution in [0.5, 0.6) is 5.75 Å². The summed E-state index contributed by atoms with van der Waals surface area (Å²) in [6, 6.07) is 0.0717. The molecule has 0 amide bonds. The normalized spacial score (nSPS) is 14.8. The Labute approximate surface area is 109 Å². The molecular weight excluding hydrogens is 230 g/mol. The highest BCUT2D eigenvalue weighted by Gasteiger charge is 2.30. The van der Waals surface area contributed by atoms with Gasteiger partial charge in [0.2, 0.25) is 0 Å². The first kappa shape index (κ1) is 15.0. The van der Waals surface area contributed by atoms with Crippen molar-refractivity contribution in [3.8, 4) is 5.75 Å². The van der Waals surface area contributed by atoms with Crippen molar-refractivity contribution in [2.75, 3.05) is 20.8 Å². The van der Waals surface area contributed by atoms with Crippen molar-refractivity contribution in [2.24, 2.45) is 13.0 Å². The minimum Gasteiger partial charge on any atom is -0.493 e. The minimum atomic E-state index is 0.0717. The SMILES string of the molecule is CCNC(c1c(OC)cnn1C)C(OC)C(C)C. The van der Waals surface area contributed by atoms with E-state index in [9.17, 15) is 0 Å². The van der Waals surface area contributed by atoms with Gasteiger partial charge in [0.05, 0.1) is 31.1 Å². The monoisotopic (exact) mass is 255 g/mol. The van der Waals surface area contributed by atoms with Crippen molar-refractivity contribution in [3.63, 3.8) is 0 Å². The van der Waals surface area contributed by atoms with Crippen LogP contribution >= 0.6 is 0 Å². The smallest absolute Gasteiger partial charge is 0.161 e. The van der Waals surface area contributed by atoms with Gasteiger partial charge in [0, 0.05) is 14.2 Å². The summed E-state index contributed by atoms with van der Waals surface area (Å²) in [4.78, 5) is 0. The number of nitrogens with one attached hydrogen (secondary N) is 1. The van der Waals surface area contributed by atoms with Crippen LogP contribution in [0.4, 0.5) is 0 Å². The van der Waals surface area contributed by atoms with E-state index in [1.807, 2.05) is 11.7 Å². The van der Waals surface area contributed by atoms with Crippen LogP contribution in [0, 0.1) is 5.92 Å². The lowest BCUT2D eigenvalue weighted by atomic mass is 9.96. The van der Waals surface area contributed by atoms with Crippen LogP contribution in [0.1, 0.15) is 32.5 Å². The van der Waals surface area contributed by atoms with E-state index in [1.165, 1.54) is 0 Å². The van der Waals surface area contributed by atoms with Gasteiger partial charge in [-0.05, 0) is 12.5 Å². The molecular formula is C13H25N3O2. The van der Waals surface area contributed by atoms with Gasteiger partial charge in [0.15, 0.2) is 5.75 Å². The van der Waals surface area contributed by atoms with Gasteiger partial charge in [-0.2, -0.15) is 5.10 Å². The van der Waals surface area contributed by atoms with E-state index < -0.39 is 0 Å². The van der Waals surface area contributed by atoms with Gasteiger partial charge in [-0.1, -0.05) is 20.8 Å². The fraction of sp³-hybridized carbons (Fsp3) is 0.769. The van der Waals surface area contributed by atoms with Crippen LogP contribution in [0.15, 0.2) is 6.20 Å². The Hall–Kier alpha value is -1.07. The van der Waals surface area contributed by atoms with Crippen molar-refractivity contribution < 1.29 is 9.47 Å². The topological polar surface area (TPSA) is 48.3 Å². The maximum Gasteiger partial charge on any atom is 0.161 e. The molecule has 1 heterocycles. The number of aromatic nitrogens is 2. The number of nitrogens with zero attached hydrogens (tertiary/aromatic N) is 2. The zero-order chi connectivity index (χ0) is 13.7. The molecule has 2 unspecified atom stereocenters. The van der Waals surface area contributed by atoms with E-state index in [2.05, 4.69) is 31.2 Å². The third kappa shape index (κ3) is 3.03. The molecule has 0 aromatic carbocycles. The molecule has 0 radical (unpaired) electrons. The number of ether oxygens (including phenoxy) is 2. The zero-order valence-corrected chi connectivity index (χ0v) is 12.2. The molecule has 0 aliphatic heterocycles. The highest BCUT2D eigenvalue weighted by Crippen LogP contribution is 2.30. The Bertz CT molecular complexity index is 363. The Morgan fingerprint density at radius 2 is 2.06 bits per heavy atom. The second kappa shape index (κ2) is 6.75. The van der Waals surface area contributed by atoms with Gasteiger partial charge < -0.3 is 14.8 Å². The highest BCUT2D eigenvalue weighted by atomic mass is 16.5. The van der Waals surface area contributed by atoms with E-state index in [0.717, 1.165) is 18.0 Å². The molecule has 1 aromatic rings. The first-order valence-electron chi connectivity index (χ1n) is 6.38. The van der Waals surface area contributed by atoms with Crippen molar-refractivity contribution >= 4 is 0 Å². The second-order valence-corrected chi connectivity index (χ2v) is 4.70. The second-order valence-electron chi connectivity index (χ2n) is 4.70. The molecule has 1 rings (SSSR count). The van der Waals surface area contributed by atoms with Gasteiger partial charge in [0.25, 0.3) is 0 Å². The van der Waals surface area contributed by atoms with Crippen molar-refractivity contribution in [2.45, 2.75) is 32.9 Å². The Morgan fingerprint density at radius 1 is 1.39 bits per heavy atom. The van der Waals surface area contributed by atoms with Crippen molar-refractivity contribution in [1.29, 1.82) is 0 Å². The average Bonchev–Trinajstić information content (AvgIpc) is 2.69. The molecule has 0 aliphatic rings. The summed E-state index contributed by atoms with van der Waals surface area (Å²) >= 11 is 0. The summed E-state index contributed by atoms with van der Waals surface area (Å²) in [5, 5.41) is 7.73. The predicted octanol–water partition coefficient (Wildman–Crippen LogP) is 1.75. The first-order valence-corrected chi connectivity index (χ1v) is 6.38. The standard InChI is InChI=1S/C13H25N3O2/c1-7-14-11(13(18-6)9(2)3)12-10(17-5)8-15-16(12)4/h8-9,11,13-14H,7H2,1-6H3. The summed E-state index contributed by atoms with van der Waals surface area (Å²) in [6.45, 7) is 7.26. The van der Waals surface area contributed by atoms with Crippen LogP contribution < -0.4 is 10.1 Å². The lowest BCUT2D eigenvalue weighted by molar-refractivity contribution is 0.0301. The lowest BCUT2D eigenvalue weighted by Gasteiger charge is -2.30. The number of likely N-dealkylation sites (N-methyl/N-ethyl adjacent to an activating group) is 1. The lowest BCUT2D eigenvalue weighted by Crippen LogP contribution is -2.38. The molecule has 1 aromatic heterocycles. The number of rotatable bonds is 7. The third-order valence-electron chi connectivity index (χ3n) is 3.15. The van der Waals surface area contributed by atoms with Crippen molar-refractivity contribution in [3.05, 3.63) is 11.9 Å². The van der Waals surface area contributed by atoms with Crippen LogP contribution in [0.25, 0.3) is 0 Å². The number of aryl methyl sites for hydroxylation is 1. The van der Waals surface area contributed by atoms with Gasteiger partial charge in [-0.25, -0.2) is 0 Å². The van der Waals surface area contributed by atoms with Crippen LogP contribution in [-0.4, -0.2) is 36.6 Å². The summed E-state index contributed by atoms with van der Waals surface area (Å²) in [7, 11) is 5.34. The predicted molar refractivity (Wildman–Crippen MR) is 71.8 cm³/mol. The summed E-state index contributed by atoms with van der Waals surface area (Å²) in [5.41, 5.74) is 1.03. The van der Waals surface area contributed by atoms with Crippen LogP contribution in [0.3, 0.4) is 0 Å². The number of methoxy groups -OCH3 is 2. The number of hydrogen-bond donors (Lipinski definition) is 1. The third-order valence-corrected chi connectivity index (χ3v) is 3.15. The number of hydrogen-bond acceptors (Lipinski definition) is 4. The van der Waals surface area contributed by atoms with Crippen LogP contribution in [-0.2, 0) is 11.8 Å². The van der Waals surface area contributed by atoms with E-state index in [1.54, 1.807) is 20.4 Å². The molecule has 1 N–H and O–H groups in total. The maximum absolute atomic E-state index is 5.65. The molecule has 0 fully saturated rings. The molecule has 0 bridgehead atoms. The summed E-state index contributed by atoms with van der Waals surface area (Å²) < 4.78 is 12.9. The van der Waals surface area contributed by atoms with Crippen LogP contribution in [0.2, 0.25) is 0 Å². The molecule has 5 heteroatoms. The summed E-state index contributed by atoms with van der Waals surface area (Å²) in [6.07, 6.45) is 1.82. The molecule has 104 valence electrons.